The normalized spacial score (nSPS) is 26.2. The number of hydrogen-bond acceptors (Lipinski definition) is 4. The molecule has 1 aromatic heterocycles. The van der Waals surface area contributed by atoms with Gasteiger partial charge >= 0.3 is 0 Å². The van der Waals surface area contributed by atoms with Crippen molar-refractivity contribution in [3.63, 3.8) is 0 Å². The highest BCUT2D eigenvalue weighted by Crippen LogP contribution is 2.60. The van der Waals surface area contributed by atoms with E-state index < -0.39 is 9.84 Å². The second-order valence-electron chi connectivity index (χ2n) is 6.56. The lowest BCUT2D eigenvalue weighted by molar-refractivity contribution is 0.397. The zero-order chi connectivity index (χ0) is 15.9. The van der Waals surface area contributed by atoms with E-state index in [4.69, 9.17) is 0 Å². The van der Waals surface area contributed by atoms with Gasteiger partial charge in [0, 0.05) is 16.7 Å². The van der Waals surface area contributed by atoms with Crippen LogP contribution >= 0.6 is 0 Å². The number of nitrogens with zero attached hydrogens (tertiary/aromatic N) is 1. The fraction of sp³-hybridized carbons (Fsp3) is 0.294. The molecule has 0 saturated heterocycles. The molecule has 1 aromatic carbocycles. The van der Waals surface area contributed by atoms with E-state index in [1.54, 1.807) is 24.3 Å². The summed E-state index contributed by atoms with van der Waals surface area (Å²) in [5, 5.41) is 22.5. The van der Waals surface area contributed by atoms with Gasteiger partial charge in [-0.25, -0.2) is 13.0 Å². The maximum absolute atomic E-state index is 12.3. The lowest BCUT2D eigenvalue weighted by Crippen LogP contribution is -1.98. The van der Waals surface area contributed by atoms with Crippen LogP contribution in [0.4, 0.5) is 0 Å². The molecule has 2 bridgehead atoms. The van der Waals surface area contributed by atoms with Crippen LogP contribution in [0.15, 0.2) is 34.6 Å². The van der Waals surface area contributed by atoms with Crippen molar-refractivity contribution >= 4 is 15.5 Å². The quantitative estimate of drug-likeness (QED) is 0.843. The van der Waals surface area contributed by atoms with Crippen LogP contribution in [0.5, 0.6) is 11.8 Å². The third kappa shape index (κ3) is 1.49. The average molecular weight is 329 g/mol. The van der Waals surface area contributed by atoms with E-state index in [0.717, 1.165) is 35.8 Å². The summed E-state index contributed by atoms with van der Waals surface area (Å²) in [6, 6.07) is 6.67. The molecule has 0 radical (unpaired) electrons. The van der Waals surface area contributed by atoms with Gasteiger partial charge in [-0.05, 0) is 37.2 Å². The van der Waals surface area contributed by atoms with Crippen molar-refractivity contribution in [2.24, 2.45) is 0 Å². The fourth-order valence-corrected chi connectivity index (χ4v) is 5.90. The number of hydrogen-bond donors (Lipinski definition) is 2. The van der Waals surface area contributed by atoms with Crippen LogP contribution in [-0.4, -0.2) is 23.2 Å². The first-order valence-corrected chi connectivity index (χ1v) is 9.26. The summed E-state index contributed by atoms with van der Waals surface area (Å²) in [5.41, 5.74) is 2.45. The zero-order valence-corrected chi connectivity index (χ0v) is 13.0. The van der Waals surface area contributed by atoms with Crippen molar-refractivity contribution in [2.45, 2.75) is 36.0 Å². The van der Waals surface area contributed by atoms with Crippen molar-refractivity contribution in [2.75, 3.05) is 0 Å². The second kappa shape index (κ2) is 4.00. The molecule has 1 aliphatic heterocycles. The number of aromatic nitrogens is 1. The summed E-state index contributed by atoms with van der Waals surface area (Å²) in [7, 11) is -3.55. The van der Waals surface area contributed by atoms with E-state index in [1.807, 2.05) is 0 Å². The molecule has 0 unspecified atom stereocenters. The Hall–Kier alpha value is -2.21. The minimum Gasteiger partial charge on any atom is -0.494 e. The van der Waals surface area contributed by atoms with Gasteiger partial charge in [-0.2, -0.15) is 0 Å². The van der Waals surface area contributed by atoms with Gasteiger partial charge in [-0.15, -0.1) is 0 Å². The predicted octanol–water partition coefficient (Wildman–Crippen LogP) is 2.90. The van der Waals surface area contributed by atoms with Crippen molar-refractivity contribution in [3.05, 3.63) is 46.4 Å². The Kier molecular flexibility index (Phi) is 2.30. The lowest BCUT2D eigenvalue weighted by Gasteiger charge is -2.11. The number of sulfone groups is 1. The Morgan fingerprint density at radius 1 is 1.00 bits per heavy atom. The van der Waals surface area contributed by atoms with Gasteiger partial charge in [-0.1, -0.05) is 18.2 Å². The largest absolute Gasteiger partial charge is 0.494 e. The molecule has 118 valence electrons. The van der Waals surface area contributed by atoms with Crippen LogP contribution in [0.25, 0.3) is 5.70 Å². The Bertz CT molecular complexity index is 966. The molecule has 23 heavy (non-hydrogen) atoms. The number of aromatic hydroxyl groups is 2. The Morgan fingerprint density at radius 3 is 2.26 bits per heavy atom. The Labute approximate surface area is 133 Å². The minimum absolute atomic E-state index is 0.0112. The Morgan fingerprint density at radius 2 is 1.61 bits per heavy atom. The molecular weight excluding hydrogens is 314 g/mol. The third-order valence-corrected chi connectivity index (χ3v) is 6.92. The zero-order valence-electron chi connectivity index (χ0n) is 12.2. The van der Waals surface area contributed by atoms with Crippen LogP contribution in [0.3, 0.4) is 0 Å². The predicted molar refractivity (Wildman–Crippen MR) is 84.1 cm³/mol. The second-order valence-corrected chi connectivity index (χ2v) is 8.33. The fourth-order valence-electron chi connectivity index (χ4n) is 4.49. The minimum atomic E-state index is -3.55. The Balaban J connectivity index is 1.80. The standard InChI is InChI=1S/C17H15NO4S/c19-16-14-9-5-6-10(7-9)15(14)17(20)18(16)12-8-23(21,22)13-4-2-1-3-11(12)13/h1-4,8-10,19-20H,5-7H2/t9-,10+. The highest BCUT2D eigenvalue weighted by Gasteiger charge is 2.45. The van der Waals surface area contributed by atoms with Crippen molar-refractivity contribution in [1.82, 2.24) is 4.57 Å². The average Bonchev–Trinajstić information content (AvgIpc) is 3.24. The molecule has 2 aromatic rings. The monoisotopic (exact) mass is 329 g/mol. The maximum atomic E-state index is 12.3. The van der Waals surface area contributed by atoms with Crippen LogP contribution in [0, 0.1) is 0 Å². The smallest absolute Gasteiger partial charge is 0.202 e. The maximum Gasteiger partial charge on any atom is 0.202 e. The summed E-state index contributed by atoms with van der Waals surface area (Å²) < 4.78 is 25.9. The molecule has 0 amide bonds. The molecule has 0 spiro atoms. The summed E-state index contributed by atoms with van der Waals surface area (Å²) in [5.74, 6) is 0.526. The number of rotatable bonds is 1. The van der Waals surface area contributed by atoms with E-state index in [2.05, 4.69) is 0 Å². The molecule has 5 nitrogen and oxygen atoms in total. The van der Waals surface area contributed by atoms with E-state index in [9.17, 15) is 18.6 Å². The first-order chi connectivity index (χ1) is 11.0. The van der Waals surface area contributed by atoms with E-state index >= 15 is 0 Å². The molecule has 6 heteroatoms. The van der Waals surface area contributed by atoms with Gasteiger partial charge in [0.15, 0.2) is 0 Å². The van der Waals surface area contributed by atoms with Gasteiger partial charge in [0.25, 0.3) is 0 Å². The van der Waals surface area contributed by atoms with Gasteiger partial charge in [0.1, 0.15) is 0 Å². The summed E-state index contributed by atoms with van der Waals surface area (Å²) in [6.07, 6.45) is 3.01. The van der Waals surface area contributed by atoms with Gasteiger partial charge in [0.05, 0.1) is 16.0 Å². The van der Waals surface area contributed by atoms with E-state index in [-0.39, 0.29) is 28.5 Å². The highest BCUT2D eigenvalue weighted by atomic mass is 32.2. The van der Waals surface area contributed by atoms with Crippen LogP contribution in [0.2, 0.25) is 0 Å². The summed E-state index contributed by atoms with van der Waals surface area (Å²) in [6.45, 7) is 0. The van der Waals surface area contributed by atoms with Crippen molar-refractivity contribution in [1.29, 1.82) is 0 Å². The highest BCUT2D eigenvalue weighted by molar-refractivity contribution is 7.95. The topological polar surface area (TPSA) is 79.5 Å². The molecular formula is C17H15NO4S. The third-order valence-electron chi connectivity index (χ3n) is 5.42. The van der Waals surface area contributed by atoms with Gasteiger partial charge < -0.3 is 10.2 Å². The van der Waals surface area contributed by atoms with Crippen LogP contribution in [0.1, 0.15) is 47.8 Å². The first-order valence-electron chi connectivity index (χ1n) is 7.72. The molecule has 2 N–H and O–H groups in total. The molecule has 1 saturated carbocycles. The summed E-state index contributed by atoms with van der Waals surface area (Å²) >= 11 is 0. The molecule has 3 aliphatic rings. The molecule has 1 fully saturated rings. The summed E-state index contributed by atoms with van der Waals surface area (Å²) in [4.78, 5) is 0.214. The molecule has 5 rings (SSSR count). The molecule has 2 aliphatic carbocycles. The lowest BCUT2D eigenvalue weighted by atomic mass is 9.95. The van der Waals surface area contributed by atoms with E-state index in [1.165, 1.54) is 4.57 Å². The van der Waals surface area contributed by atoms with Crippen LogP contribution in [-0.2, 0) is 9.84 Å². The van der Waals surface area contributed by atoms with Gasteiger partial charge in [-0.3, -0.25) is 0 Å². The van der Waals surface area contributed by atoms with Crippen molar-refractivity contribution in [3.8, 4) is 11.8 Å². The molecule has 2 heterocycles. The first kappa shape index (κ1) is 13.2. The SMILES string of the molecule is O=S1(=O)C=C(n2c(O)c3c(c2O)[C@H]2CC[C@@H]3C2)c2ccccc21. The number of fused-ring (bicyclic) bond motifs is 6. The van der Waals surface area contributed by atoms with Crippen molar-refractivity contribution < 1.29 is 18.6 Å². The molecule has 2 atom stereocenters. The number of benzene rings is 1. The van der Waals surface area contributed by atoms with Crippen LogP contribution < -0.4 is 0 Å². The van der Waals surface area contributed by atoms with Gasteiger partial charge in [0.2, 0.25) is 21.6 Å². The van der Waals surface area contributed by atoms with E-state index in [0.29, 0.717) is 11.3 Å².